The van der Waals surface area contributed by atoms with Crippen molar-refractivity contribution in [1.82, 2.24) is 10.2 Å². The Labute approximate surface area is 237 Å². The molecule has 194 valence electrons. The van der Waals surface area contributed by atoms with Gasteiger partial charge < -0.3 is 10.2 Å². The van der Waals surface area contributed by atoms with Crippen molar-refractivity contribution in [3.63, 3.8) is 0 Å². The summed E-state index contributed by atoms with van der Waals surface area (Å²) in [6.07, 6.45) is 4.30. The molecule has 0 bridgehead atoms. The van der Waals surface area contributed by atoms with Crippen molar-refractivity contribution in [3.05, 3.63) is 104 Å². The Kier molecular flexibility index (Phi) is 9.77. The number of carbonyl (C=O) groups is 2. The molecule has 1 saturated carbocycles. The highest BCUT2D eigenvalue weighted by Crippen LogP contribution is 2.30. The van der Waals surface area contributed by atoms with E-state index in [4.69, 9.17) is 46.4 Å². The first kappa shape index (κ1) is 27.8. The van der Waals surface area contributed by atoms with Gasteiger partial charge in [0.1, 0.15) is 6.04 Å². The fourth-order valence-corrected chi connectivity index (χ4v) is 5.78. The van der Waals surface area contributed by atoms with Crippen LogP contribution in [0.15, 0.2) is 66.7 Å². The molecule has 1 N–H and O–H groups in total. The number of nitrogens with zero attached hydrogens (tertiary/aromatic N) is 1. The minimum atomic E-state index is -0.788. The molecule has 1 atom stereocenters. The Morgan fingerprint density at radius 1 is 0.784 bits per heavy atom. The van der Waals surface area contributed by atoms with Gasteiger partial charge in [-0.15, -0.1) is 0 Å². The largest absolute Gasteiger partial charge is 0.352 e. The van der Waals surface area contributed by atoms with Crippen LogP contribution in [-0.2, 0) is 29.0 Å². The Hall–Kier alpha value is -2.24. The lowest BCUT2D eigenvalue weighted by atomic mass is 10.0. The molecule has 1 unspecified atom stereocenters. The minimum absolute atomic E-state index is 0.0645. The van der Waals surface area contributed by atoms with E-state index in [1.54, 1.807) is 41.3 Å². The fraction of sp³-hybridized carbons (Fsp3) is 0.310. The van der Waals surface area contributed by atoms with Gasteiger partial charge in [-0.1, -0.05) is 102 Å². The third kappa shape index (κ3) is 7.20. The van der Waals surface area contributed by atoms with Crippen LogP contribution in [0.1, 0.15) is 42.4 Å². The predicted molar refractivity (Wildman–Crippen MR) is 152 cm³/mol. The van der Waals surface area contributed by atoms with Crippen LogP contribution in [0.25, 0.3) is 0 Å². The first-order valence-corrected chi connectivity index (χ1v) is 13.8. The van der Waals surface area contributed by atoms with Crippen molar-refractivity contribution < 1.29 is 9.59 Å². The van der Waals surface area contributed by atoms with Crippen LogP contribution in [0.2, 0.25) is 20.1 Å². The van der Waals surface area contributed by atoms with E-state index in [2.05, 4.69) is 5.32 Å². The lowest BCUT2D eigenvalue weighted by molar-refractivity contribution is -0.141. The zero-order chi connectivity index (χ0) is 26.4. The zero-order valence-electron chi connectivity index (χ0n) is 20.2. The number of carbonyl (C=O) groups excluding carboxylic acids is 2. The number of nitrogens with one attached hydrogen (secondary N) is 1. The maximum atomic E-state index is 14.0. The Balaban J connectivity index is 1.73. The van der Waals surface area contributed by atoms with Crippen molar-refractivity contribution in [2.45, 2.75) is 57.2 Å². The Morgan fingerprint density at radius 2 is 1.32 bits per heavy atom. The van der Waals surface area contributed by atoms with Crippen LogP contribution in [-0.4, -0.2) is 28.8 Å². The summed E-state index contributed by atoms with van der Waals surface area (Å²) in [5.74, 6) is -0.494. The SMILES string of the molecule is O=C(NC1CCCC1)C(Cc1ccccc1)N(Cc1c(Cl)cccc1Cl)C(=O)Cc1c(Cl)cccc1Cl. The molecule has 3 aromatic carbocycles. The van der Waals surface area contributed by atoms with Crippen molar-refractivity contribution in [1.29, 1.82) is 0 Å². The second-order valence-corrected chi connectivity index (χ2v) is 10.9. The third-order valence-electron chi connectivity index (χ3n) is 6.75. The number of halogens is 4. The molecule has 0 heterocycles. The van der Waals surface area contributed by atoms with Gasteiger partial charge in [-0.3, -0.25) is 9.59 Å². The van der Waals surface area contributed by atoms with Crippen molar-refractivity contribution in [2.75, 3.05) is 0 Å². The Morgan fingerprint density at radius 3 is 1.89 bits per heavy atom. The van der Waals surface area contributed by atoms with E-state index in [-0.39, 0.29) is 30.8 Å². The standard InChI is InChI=1S/C29H28Cl4N2O2/c30-23-12-6-13-24(31)21(23)17-28(36)35(18-22-25(32)14-7-15-26(22)33)27(16-19-8-2-1-3-9-19)29(37)34-20-10-4-5-11-20/h1-3,6-9,12-15,20,27H,4-5,10-11,16-18H2,(H,34,37). The first-order valence-electron chi connectivity index (χ1n) is 12.3. The van der Waals surface area contributed by atoms with Gasteiger partial charge in [-0.2, -0.15) is 0 Å². The van der Waals surface area contributed by atoms with E-state index in [1.165, 1.54) is 0 Å². The number of benzene rings is 3. The van der Waals surface area contributed by atoms with Crippen LogP contribution < -0.4 is 5.32 Å². The van der Waals surface area contributed by atoms with E-state index in [0.717, 1.165) is 31.2 Å². The number of rotatable bonds is 9. The average molecular weight is 578 g/mol. The highest BCUT2D eigenvalue weighted by Gasteiger charge is 2.33. The maximum Gasteiger partial charge on any atom is 0.243 e. The molecule has 8 heteroatoms. The summed E-state index contributed by atoms with van der Waals surface area (Å²) in [6, 6.07) is 19.3. The van der Waals surface area contributed by atoms with Gasteiger partial charge >= 0.3 is 0 Å². The number of amides is 2. The molecular weight excluding hydrogens is 550 g/mol. The summed E-state index contributed by atoms with van der Waals surface area (Å²) >= 11 is 25.8. The summed E-state index contributed by atoms with van der Waals surface area (Å²) in [5, 5.41) is 4.83. The van der Waals surface area contributed by atoms with Crippen LogP contribution >= 0.6 is 46.4 Å². The summed E-state index contributed by atoms with van der Waals surface area (Å²) in [6.45, 7) is 0.0645. The van der Waals surface area contributed by atoms with E-state index in [9.17, 15) is 9.59 Å². The Bertz CT molecular complexity index is 1210. The summed E-state index contributed by atoms with van der Waals surface area (Å²) < 4.78 is 0. The normalized spacial score (nSPS) is 14.4. The van der Waals surface area contributed by atoms with Crippen molar-refractivity contribution in [3.8, 4) is 0 Å². The van der Waals surface area contributed by atoms with Gasteiger partial charge in [0, 0.05) is 44.7 Å². The molecular formula is C29H28Cl4N2O2. The van der Waals surface area contributed by atoms with Crippen LogP contribution in [0.3, 0.4) is 0 Å². The number of hydrogen-bond donors (Lipinski definition) is 1. The molecule has 1 fully saturated rings. The molecule has 0 saturated heterocycles. The molecule has 1 aliphatic rings. The van der Waals surface area contributed by atoms with Gasteiger partial charge in [-0.05, 0) is 48.2 Å². The molecule has 0 aromatic heterocycles. The maximum absolute atomic E-state index is 14.0. The quantitative estimate of drug-likeness (QED) is 0.285. The predicted octanol–water partition coefficient (Wildman–Crippen LogP) is 7.54. The highest BCUT2D eigenvalue weighted by atomic mass is 35.5. The van der Waals surface area contributed by atoms with Gasteiger partial charge in [0.2, 0.25) is 11.8 Å². The minimum Gasteiger partial charge on any atom is -0.352 e. The van der Waals surface area contributed by atoms with Crippen LogP contribution in [0.5, 0.6) is 0 Å². The molecule has 1 aliphatic carbocycles. The topological polar surface area (TPSA) is 49.4 Å². The molecule has 3 aromatic rings. The lowest BCUT2D eigenvalue weighted by Gasteiger charge is -2.33. The average Bonchev–Trinajstić information content (AvgIpc) is 3.39. The number of hydrogen-bond acceptors (Lipinski definition) is 2. The molecule has 0 aliphatic heterocycles. The summed E-state index contributed by atoms with van der Waals surface area (Å²) in [7, 11) is 0. The van der Waals surface area contributed by atoms with E-state index in [1.807, 2.05) is 30.3 Å². The smallest absolute Gasteiger partial charge is 0.243 e. The second kappa shape index (κ2) is 13.0. The molecule has 4 nitrogen and oxygen atoms in total. The molecule has 37 heavy (non-hydrogen) atoms. The van der Waals surface area contributed by atoms with Crippen LogP contribution in [0, 0.1) is 0 Å². The van der Waals surface area contributed by atoms with E-state index >= 15 is 0 Å². The van der Waals surface area contributed by atoms with E-state index in [0.29, 0.717) is 37.6 Å². The monoisotopic (exact) mass is 576 g/mol. The second-order valence-electron chi connectivity index (χ2n) is 9.29. The van der Waals surface area contributed by atoms with Gasteiger partial charge in [0.05, 0.1) is 6.42 Å². The highest BCUT2D eigenvalue weighted by molar-refractivity contribution is 6.36. The summed E-state index contributed by atoms with van der Waals surface area (Å²) in [4.78, 5) is 29.3. The zero-order valence-corrected chi connectivity index (χ0v) is 23.3. The molecule has 2 amide bonds. The first-order chi connectivity index (χ1) is 17.8. The summed E-state index contributed by atoms with van der Waals surface area (Å²) in [5.41, 5.74) is 2.03. The van der Waals surface area contributed by atoms with Crippen LogP contribution in [0.4, 0.5) is 0 Å². The van der Waals surface area contributed by atoms with Gasteiger partial charge in [0.25, 0.3) is 0 Å². The van der Waals surface area contributed by atoms with E-state index < -0.39 is 6.04 Å². The molecule has 0 spiro atoms. The fourth-order valence-electron chi connectivity index (χ4n) is 4.73. The van der Waals surface area contributed by atoms with Crippen molar-refractivity contribution >= 4 is 58.2 Å². The van der Waals surface area contributed by atoms with Gasteiger partial charge in [0.15, 0.2) is 0 Å². The molecule has 4 rings (SSSR count). The lowest BCUT2D eigenvalue weighted by Crippen LogP contribution is -2.52. The molecule has 0 radical (unpaired) electrons. The third-order valence-corrected chi connectivity index (χ3v) is 8.17. The van der Waals surface area contributed by atoms with Gasteiger partial charge in [-0.25, -0.2) is 0 Å². The van der Waals surface area contributed by atoms with Crippen molar-refractivity contribution in [2.24, 2.45) is 0 Å².